The van der Waals surface area contributed by atoms with Gasteiger partial charge in [-0.15, -0.1) is 0 Å². The Balaban J connectivity index is 1.48. The van der Waals surface area contributed by atoms with Gasteiger partial charge >= 0.3 is 12.0 Å². The number of aliphatic hydroxyl groups excluding tert-OH is 1. The number of carbonyl (C=O) groups is 1. The Labute approximate surface area is 169 Å². The van der Waals surface area contributed by atoms with Gasteiger partial charge in [0.15, 0.2) is 0 Å². The van der Waals surface area contributed by atoms with Crippen molar-refractivity contribution in [2.24, 2.45) is 0 Å². The van der Waals surface area contributed by atoms with Gasteiger partial charge in [0.25, 0.3) is 0 Å². The van der Waals surface area contributed by atoms with E-state index in [0.717, 1.165) is 17.5 Å². The fourth-order valence-corrected chi connectivity index (χ4v) is 3.56. The van der Waals surface area contributed by atoms with Gasteiger partial charge in [-0.25, -0.2) is 14.8 Å². The molecule has 0 fully saturated rings. The second kappa shape index (κ2) is 8.28. The van der Waals surface area contributed by atoms with Gasteiger partial charge in [-0.2, -0.15) is 0 Å². The number of amides is 2. The van der Waals surface area contributed by atoms with E-state index in [9.17, 15) is 9.90 Å². The van der Waals surface area contributed by atoms with Crippen molar-refractivity contribution in [3.05, 3.63) is 77.6 Å². The van der Waals surface area contributed by atoms with Gasteiger partial charge in [0.1, 0.15) is 5.75 Å². The number of urea groups is 1. The number of nitrogens with zero attached hydrogens (tertiary/aromatic N) is 3. The number of aromatic nitrogens is 2. The summed E-state index contributed by atoms with van der Waals surface area (Å²) >= 11 is 0. The molecule has 2 N–H and O–H groups in total. The average Bonchev–Trinajstić information content (AvgIpc) is 2.75. The Hall–Kier alpha value is -3.45. The summed E-state index contributed by atoms with van der Waals surface area (Å²) < 4.78 is 5.63. The van der Waals surface area contributed by atoms with Crippen LogP contribution in [0.1, 0.15) is 22.7 Å². The van der Waals surface area contributed by atoms with Gasteiger partial charge in [-0.3, -0.25) is 0 Å². The average molecular weight is 390 g/mol. The minimum absolute atomic E-state index is 0.118. The molecule has 2 amide bonds. The Morgan fingerprint density at radius 1 is 1.21 bits per heavy atom. The van der Waals surface area contributed by atoms with Crippen LogP contribution in [-0.2, 0) is 6.42 Å². The zero-order valence-corrected chi connectivity index (χ0v) is 16.1. The van der Waals surface area contributed by atoms with Crippen LogP contribution in [0.25, 0.3) is 0 Å². The van der Waals surface area contributed by atoms with Crippen molar-refractivity contribution in [3.8, 4) is 11.8 Å². The van der Waals surface area contributed by atoms with Crippen LogP contribution >= 0.6 is 0 Å². The van der Waals surface area contributed by atoms with Crippen molar-refractivity contribution in [2.75, 3.05) is 18.5 Å². The van der Waals surface area contributed by atoms with E-state index in [1.807, 2.05) is 37.3 Å². The van der Waals surface area contributed by atoms with Gasteiger partial charge in [-0.1, -0.05) is 24.3 Å². The lowest BCUT2D eigenvalue weighted by Gasteiger charge is -2.36. The maximum atomic E-state index is 12.9. The molecule has 1 aromatic heterocycles. The van der Waals surface area contributed by atoms with E-state index in [-0.39, 0.29) is 24.7 Å². The van der Waals surface area contributed by atoms with Gasteiger partial charge in [0.05, 0.1) is 12.6 Å². The smallest absolute Gasteiger partial charge is 0.322 e. The molecule has 0 radical (unpaired) electrons. The van der Waals surface area contributed by atoms with Crippen molar-refractivity contribution < 1.29 is 14.6 Å². The van der Waals surface area contributed by atoms with Crippen LogP contribution in [-0.4, -0.2) is 39.2 Å². The molecule has 4 rings (SSSR count). The first-order valence-corrected chi connectivity index (χ1v) is 9.47. The summed E-state index contributed by atoms with van der Waals surface area (Å²) in [5.74, 6) is 0.590. The van der Waals surface area contributed by atoms with Crippen LogP contribution in [0.2, 0.25) is 0 Å². The Bertz CT molecular complexity index is 1010. The second-order valence-electron chi connectivity index (χ2n) is 6.88. The maximum Gasteiger partial charge on any atom is 0.322 e. The van der Waals surface area contributed by atoms with E-state index in [4.69, 9.17) is 4.74 Å². The standard InChI is InChI=1S/C22H22N4O3/c1-15-13-17(29-21-23-10-4-11-24-21)7-8-19(15)25-22(28)26-12-9-16-5-2-3-6-18(16)20(26)14-27/h2-8,10-11,13,20,27H,9,12,14H2,1H3,(H,25,28)/t20-/m0/s1. The fourth-order valence-electron chi connectivity index (χ4n) is 3.56. The second-order valence-corrected chi connectivity index (χ2v) is 6.88. The number of fused-ring (bicyclic) bond motifs is 1. The van der Waals surface area contributed by atoms with Crippen LogP contribution in [0, 0.1) is 6.92 Å². The molecule has 0 bridgehead atoms. The molecule has 29 heavy (non-hydrogen) atoms. The molecular weight excluding hydrogens is 368 g/mol. The van der Waals surface area contributed by atoms with Crippen molar-refractivity contribution in [1.82, 2.24) is 14.9 Å². The van der Waals surface area contributed by atoms with E-state index in [0.29, 0.717) is 18.0 Å². The van der Waals surface area contributed by atoms with E-state index < -0.39 is 0 Å². The summed E-state index contributed by atoms with van der Waals surface area (Å²) in [5.41, 5.74) is 3.72. The maximum absolute atomic E-state index is 12.9. The highest BCUT2D eigenvalue weighted by molar-refractivity contribution is 5.90. The summed E-state index contributed by atoms with van der Waals surface area (Å²) in [4.78, 5) is 22.7. The van der Waals surface area contributed by atoms with E-state index in [2.05, 4.69) is 15.3 Å². The van der Waals surface area contributed by atoms with Gasteiger partial charge in [-0.05, 0) is 54.3 Å². The zero-order chi connectivity index (χ0) is 20.2. The molecule has 0 aliphatic carbocycles. The molecule has 7 nitrogen and oxygen atoms in total. The number of ether oxygens (including phenoxy) is 1. The number of carbonyl (C=O) groups excluding carboxylic acids is 1. The summed E-state index contributed by atoms with van der Waals surface area (Å²) in [7, 11) is 0. The molecule has 1 aliphatic heterocycles. The topological polar surface area (TPSA) is 87.6 Å². The fraction of sp³-hybridized carbons (Fsp3) is 0.227. The third-order valence-corrected chi connectivity index (χ3v) is 5.04. The number of hydrogen-bond acceptors (Lipinski definition) is 5. The van der Waals surface area contributed by atoms with Crippen molar-refractivity contribution >= 4 is 11.7 Å². The Morgan fingerprint density at radius 3 is 2.76 bits per heavy atom. The van der Waals surface area contributed by atoms with Crippen molar-refractivity contribution in [3.63, 3.8) is 0 Å². The number of rotatable bonds is 4. The van der Waals surface area contributed by atoms with Crippen LogP contribution in [0.4, 0.5) is 10.5 Å². The molecule has 0 unspecified atom stereocenters. The van der Waals surface area contributed by atoms with Crippen LogP contribution in [0.5, 0.6) is 11.8 Å². The Morgan fingerprint density at radius 2 is 2.00 bits per heavy atom. The highest BCUT2D eigenvalue weighted by Crippen LogP contribution is 2.30. The lowest BCUT2D eigenvalue weighted by atomic mass is 9.93. The molecule has 0 saturated heterocycles. The first-order chi connectivity index (χ1) is 14.2. The highest BCUT2D eigenvalue weighted by atomic mass is 16.5. The summed E-state index contributed by atoms with van der Waals surface area (Å²) in [6.07, 6.45) is 3.99. The number of benzene rings is 2. The molecule has 1 aliphatic rings. The monoisotopic (exact) mass is 390 g/mol. The minimum Gasteiger partial charge on any atom is -0.424 e. The minimum atomic E-state index is -0.349. The van der Waals surface area contributed by atoms with E-state index >= 15 is 0 Å². The summed E-state index contributed by atoms with van der Waals surface area (Å²) in [6.45, 7) is 2.33. The first kappa shape index (κ1) is 18.9. The first-order valence-electron chi connectivity index (χ1n) is 9.47. The predicted octanol–water partition coefficient (Wildman–Crippen LogP) is 3.70. The normalized spacial score (nSPS) is 15.5. The largest absolute Gasteiger partial charge is 0.424 e. The lowest BCUT2D eigenvalue weighted by Crippen LogP contribution is -2.43. The lowest BCUT2D eigenvalue weighted by molar-refractivity contribution is 0.135. The SMILES string of the molecule is Cc1cc(Oc2ncccn2)ccc1NC(=O)N1CCc2ccccc2[C@@H]1CO. The zero-order valence-electron chi connectivity index (χ0n) is 16.1. The molecular formula is C22H22N4O3. The van der Waals surface area contributed by atoms with Crippen molar-refractivity contribution in [1.29, 1.82) is 0 Å². The number of aliphatic hydroxyl groups is 1. The number of anilines is 1. The van der Waals surface area contributed by atoms with E-state index in [1.54, 1.807) is 35.5 Å². The quantitative estimate of drug-likeness (QED) is 0.709. The van der Waals surface area contributed by atoms with Crippen molar-refractivity contribution in [2.45, 2.75) is 19.4 Å². The third kappa shape index (κ3) is 4.05. The van der Waals surface area contributed by atoms with Crippen LogP contribution < -0.4 is 10.1 Å². The molecule has 1 atom stereocenters. The summed E-state index contributed by atoms with van der Waals surface area (Å²) in [5, 5.41) is 12.9. The number of aryl methyl sites for hydroxylation is 1. The molecule has 0 saturated carbocycles. The molecule has 2 aromatic carbocycles. The van der Waals surface area contributed by atoms with Gasteiger partial charge in [0.2, 0.25) is 0 Å². The molecule has 7 heteroatoms. The van der Waals surface area contributed by atoms with Gasteiger partial charge in [0, 0.05) is 24.6 Å². The number of nitrogens with one attached hydrogen (secondary N) is 1. The van der Waals surface area contributed by atoms with Crippen LogP contribution in [0.15, 0.2) is 60.9 Å². The third-order valence-electron chi connectivity index (χ3n) is 5.04. The molecule has 148 valence electrons. The van der Waals surface area contributed by atoms with Crippen LogP contribution in [0.3, 0.4) is 0 Å². The van der Waals surface area contributed by atoms with Gasteiger partial charge < -0.3 is 20.1 Å². The molecule has 2 heterocycles. The number of hydrogen-bond donors (Lipinski definition) is 2. The highest BCUT2D eigenvalue weighted by Gasteiger charge is 2.30. The Kier molecular flexibility index (Phi) is 5.39. The summed E-state index contributed by atoms with van der Waals surface area (Å²) in [6, 6.07) is 14.7. The molecule has 3 aromatic rings. The molecule has 0 spiro atoms. The van der Waals surface area contributed by atoms with E-state index in [1.165, 1.54) is 5.56 Å². The predicted molar refractivity (Wildman–Crippen MR) is 109 cm³/mol.